The number of thiazole rings is 1. The first kappa shape index (κ1) is 15.4. The highest BCUT2D eigenvalue weighted by molar-refractivity contribution is 7.07. The molecular weight excluding hydrogens is 305 g/mol. The Kier molecular flexibility index (Phi) is 4.53. The van der Waals surface area contributed by atoms with E-state index >= 15 is 0 Å². The number of pyridine rings is 1. The van der Waals surface area contributed by atoms with Crippen molar-refractivity contribution in [3.8, 4) is 0 Å². The van der Waals surface area contributed by atoms with E-state index in [9.17, 15) is 18.0 Å². The maximum Gasteiger partial charge on any atom is 0.417 e. The lowest BCUT2D eigenvalue weighted by Gasteiger charge is -2.17. The zero-order chi connectivity index (χ0) is 15.5. The van der Waals surface area contributed by atoms with Crippen LogP contribution in [0.15, 0.2) is 29.2 Å². The van der Waals surface area contributed by atoms with Gasteiger partial charge >= 0.3 is 6.18 Å². The predicted octanol–water partition coefficient (Wildman–Crippen LogP) is 2.33. The molecule has 0 spiro atoms. The van der Waals surface area contributed by atoms with Crippen LogP contribution in [0.2, 0.25) is 0 Å². The molecule has 0 saturated heterocycles. The van der Waals surface area contributed by atoms with Crippen LogP contribution in [0.4, 0.5) is 13.2 Å². The second kappa shape index (κ2) is 6.19. The number of hydrazine groups is 1. The third-order valence-electron chi connectivity index (χ3n) is 2.61. The fourth-order valence-corrected chi connectivity index (χ4v) is 1.98. The lowest BCUT2D eigenvalue weighted by Crippen LogP contribution is -2.39. The van der Waals surface area contributed by atoms with Crippen LogP contribution in [0.1, 0.15) is 21.7 Å². The van der Waals surface area contributed by atoms with Crippen LogP contribution in [-0.4, -0.2) is 27.9 Å². The molecule has 112 valence electrons. The number of carbonyl (C=O) groups is 1. The average molecular weight is 316 g/mol. The highest BCUT2D eigenvalue weighted by Crippen LogP contribution is 2.28. The van der Waals surface area contributed by atoms with Crippen molar-refractivity contribution in [1.29, 1.82) is 0 Å². The van der Waals surface area contributed by atoms with Gasteiger partial charge in [0.05, 0.1) is 23.3 Å². The summed E-state index contributed by atoms with van der Waals surface area (Å²) >= 11 is 1.30. The first-order valence-electron chi connectivity index (χ1n) is 5.80. The van der Waals surface area contributed by atoms with E-state index in [0.29, 0.717) is 11.4 Å². The molecule has 1 N–H and O–H groups in total. The number of hydrogen-bond donors (Lipinski definition) is 1. The monoisotopic (exact) mass is 316 g/mol. The first-order chi connectivity index (χ1) is 9.88. The number of amides is 1. The van der Waals surface area contributed by atoms with Crippen LogP contribution in [0.5, 0.6) is 0 Å². The van der Waals surface area contributed by atoms with Crippen molar-refractivity contribution in [3.05, 3.63) is 46.2 Å². The number of hydrogen-bond acceptors (Lipinski definition) is 5. The van der Waals surface area contributed by atoms with E-state index in [4.69, 9.17) is 0 Å². The summed E-state index contributed by atoms with van der Waals surface area (Å²) in [6, 6.07) is 2.21. The normalized spacial score (nSPS) is 11.4. The molecule has 0 aromatic carbocycles. The summed E-state index contributed by atoms with van der Waals surface area (Å²) in [7, 11) is 1.51. The summed E-state index contributed by atoms with van der Waals surface area (Å²) in [6.07, 6.45) is -3.64. The van der Waals surface area contributed by atoms with Gasteiger partial charge in [0, 0.05) is 18.6 Å². The third-order valence-corrected chi connectivity index (χ3v) is 3.19. The van der Waals surface area contributed by atoms with Gasteiger partial charge in [-0.1, -0.05) is 0 Å². The van der Waals surface area contributed by atoms with E-state index in [0.717, 1.165) is 12.3 Å². The summed E-state index contributed by atoms with van der Waals surface area (Å²) in [5.74, 6) is -0.330. The Bertz CT molecular complexity index is 598. The number of carbonyl (C=O) groups excluding carboxylic acids is 1. The summed E-state index contributed by atoms with van der Waals surface area (Å²) in [5.41, 5.74) is 4.17. The molecule has 2 aromatic heterocycles. The van der Waals surface area contributed by atoms with Crippen LogP contribution >= 0.6 is 11.3 Å². The maximum atomic E-state index is 12.4. The second-order valence-electron chi connectivity index (χ2n) is 4.11. The van der Waals surface area contributed by atoms with E-state index in [2.05, 4.69) is 15.4 Å². The smallest absolute Gasteiger partial charge is 0.275 e. The predicted molar refractivity (Wildman–Crippen MR) is 70.3 cm³/mol. The van der Waals surface area contributed by atoms with Crippen LogP contribution in [0.25, 0.3) is 0 Å². The molecule has 0 unspecified atom stereocenters. The van der Waals surface area contributed by atoms with E-state index in [-0.39, 0.29) is 12.5 Å². The van der Waals surface area contributed by atoms with Crippen molar-refractivity contribution >= 4 is 17.2 Å². The average Bonchev–Trinajstić information content (AvgIpc) is 2.97. The number of aromatic nitrogens is 2. The lowest BCUT2D eigenvalue weighted by molar-refractivity contribution is -0.137. The molecule has 2 aromatic rings. The number of rotatable bonds is 4. The molecule has 1 amide bonds. The minimum Gasteiger partial charge on any atom is -0.275 e. The minimum absolute atomic E-state index is 0.129. The summed E-state index contributed by atoms with van der Waals surface area (Å²) < 4.78 is 37.1. The largest absolute Gasteiger partial charge is 0.417 e. The summed E-state index contributed by atoms with van der Waals surface area (Å²) in [5, 5.41) is 2.82. The van der Waals surface area contributed by atoms with Gasteiger partial charge in [-0.25, -0.2) is 10.4 Å². The Balaban J connectivity index is 1.92. The molecule has 0 aliphatic rings. The zero-order valence-electron chi connectivity index (χ0n) is 10.9. The fourth-order valence-electron chi connectivity index (χ4n) is 1.46. The van der Waals surface area contributed by atoms with Crippen LogP contribution in [0.3, 0.4) is 0 Å². The van der Waals surface area contributed by atoms with Gasteiger partial charge in [0.2, 0.25) is 0 Å². The topological polar surface area (TPSA) is 58.1 Å². The van der Waals surface area contributed by atoms with Gasteiger partial charge < -0.3 is 0 Å². The lowest BCUT2D eigenvalue weighted by atomic mass is 10.2. The van der Waals surface area contributed by atoms with Crippen molar-refractivity contribution in [1.82, 2.24) is 20.4 Å². The minimum atomic E-state index is -4.41. The highest BCUT2D eigenvalue weighted by Gasteiger charge is 2.30. The quantitative estimate of drug-likeness (QED) is 0.880. The molecule has 9 heteroatoms. The number of halogens is 3. The SMILES string of the molecule is CN(NCc1ccc(C(F)(F)F)cn1)C(=O)c1cscn1. The molecular formula is C12H11F3N4OS. The number of nitrogens with zero attached hydrogens (tertiary/aromatic N) is 3. The Morgan fingerprint density at radius 2 is 2.14 bits per heavy atom. The van der Waals surface area contributed by atoms with Gasteiger partial charge in [0.25, 0.3) is 5.91 Å². The van der Waals surface area contributed by atoms with E-state index in [1.54, 1.807) is 10.9 Å². The Morgan fingerprint density at radius 3 is 2.67 bits per heavy atom. The van der Waals surface area contributed by atoms with E-state index in [1.165, 1.54) is 29.5 Å². The molecule has 0 atom stereocenters. The van der Waals surface area contributed by atoms with Crippen molar-refractivity contribution in [3.63, 3.8) is 0 Å². The van der Waals surface area contributed by atoms with Crippen molar-refractivity contribution in [2.24, 2.45) is 0 Å². The zero-order valence-corrected chi connectivity index (χ0v) is 11.7. The molecule has 5 nitrogen and oxygen atoms in total. The summed E-state index contributed by atoms with van der Waals surface area (Å²) in [6.45, 7) is 0.129. The van der Waals surface area contributed by atoms with Crippen LogP contribution < -0.4 is 5.43 Å². The molecule has 0 bridgehead atoms. The van der Waals surface area contributed by atoms with Gasteiger partial charge in [-0.15, -0.1) is 11.3 Å². The van der Waals surface area contributed by atoms with E-state index in [1.807, 2.05) is 0 Å². The fraction of sp³-hybridized carbons (Fsp3) is 0.250. The van der Waals surface area contributed by atoms with Crippen LogP contribution in [-0.2, 0) is 12.7 Å². The van der Waals surface area contributed by atoms with Crippen molar-refractivity contribution in [2.45, 2.75) is 12.7 Å². The Morgan fingerprint density at radius 1 is 1.38 bits per heavy atom. The molecule has 0 radical (unpaired) electrons. The van der Waals surface area contributed by atoms with Gasteiger partial charge in [0.15, 0.2) is 0 Å². The molecule has 0 aliphatic carbocycles. The standard InChI is InChI=1S/C12H11F3N4OS/c1-19(11(20)10-6-21-7-17-10)18-5-9-3-2-8(4-16-9)12(13,14)15/h2-4,6-7,18H,5H2,1H3. The van der Waals surface area contributed by atoms with Gasteiger partial charge in [0.1, 0.15) is 5.69 Å². The molecule has 0 saturated carbocycles. The first-order valence-corrected chi connectivity index (χ1v) is 6.74. The molecule has 2 rings (SSSR count). The highest BCUT2D eigenvalue weighted by atomic mass is 32.1. The van der Waals surface area contributed by atoms with Gasteiger partial charge in [-0.2, -0.15) is 13.2 Å². The number of nitrogens with one attached hydrogen (secondary N) is 1. The van der Waals surface area contributed by atoms with Gasteiger partial charge in [-0.05, 0) is 12.1 Å². The molecule has 0 aliphatic heterocycles. The van der Waals surface area contributed by atoms with Crippen molar-refractivity contribution in [2.75, 3.05) is 7.05 Å². The van der Waals surface area contributed by atoms with Crippen LogP contribution in [0, 0.1) is 0 Å². The van der Waals surface area contributed by atoms with E-state index < -0.39 is 11.7 Å². The maximum absolute atomic E-state index is 12.4. The Hall–Kier alpha value is -2.00. The Labute approximate surface area is 122 Å². The summed E-state index contributed by atoms with van der Waals surface area (Å²) in [4.78, 5) is 19.4. The molecule has 21 heavy (non-hydrogen) atoms. The third kappa shape index (κ3) is 3.99. The second-order valence-corrected chi connectivity index (χ2v) is 4.83. The molecule has 0 fully saturated rings. The number of alkyl halides is 3. The molecule has 2 heterocycles. The van der Waals surface area contributed by atoms with Gasteiger partial charge in [-0.3, -0.25) is 14.8 Å². The van der Waals surface area contributed by atoms with Crippen molar-refractivity contribution < 1.29 is 18.0 Å².